The Hall–Kier alpha value is -2.64. The van der Waals surface area contributed by atoms with E-state index in [1.54, 1.807) is 10.9 Å². The fourth-order valence-corrected chi connectivity index (χ4v) is 2.99. The van der Waals surface area contributed by atoms with Gasteiger partial charge in [-0.25, -0.2) is 5.43 Å². The number of rotatable bonds is 7. The first-order valence-corrected chi connectivity index (χ1v) is 10.1. The van der Waals surface area contributed by atoms with Crippen molar-refractivity contribution in [1.82, 2.24) is 15.2 Å². The van der Waals surface area contributed by atoms with Gasteiger partial charge in [-0.3, -0.25) is 9.48 Å². The number of aryl methyl sites for hydroxylation is 1. The van der Waals surface area contributed by atoms with Gasteiger partial charge in [0.2, 0.25) is 0 Å². The van der Waals surface area contributed by atoms with Crippen LogP contribution in [0.3, 0.4) is 0 Å². The number of hydrazone groups is 1. The molecule has 1 heterocycles. The van der Waals surface area contributed by atoms with Crippen LogP contribution in [0.2, 0.25) is 5.02 Å². The highest BCUT2D eigenvalue weighted by atomic mass is 79.9. The Morgan fingerprint density at radius 3 is 2.52 bits per heavy atom. The molecular formula is C21H20BrClN4O2. The third kappa shape index (κ3) is 5.92. The van der Waals surface area contributed by atoms with Gasteiger partial charge in [0.15, 0.2) is 0 Å². The number of amides is 1. The van der Waals surface area contributed by atoms with Crippen molar-refractivity contribution in [3.8, 4) is 5.75 Å². The van der Waals surface area contributed by atoms with Gasteiger partial charge in [0.05, 0.1) is 22.1 Å². The second-order valence-electron chi connectivity index (χ2n) is 6.42. The molecule has 8 heteroatoms. The summed E-state index contributed by atoms with van der Waals surface area (Å²) in [5.41, 5.74) is 6.14. The van der Waals surface area contributed by atoms with Gasteiger partial charge < -0.3 is 4.74 Å². The Balaban J connectivity index is 1.48. The number of benzene rings is 2. The number of nitrogens with zero attached hydrogens (tertiary/aromatic N) is 3. The van der Waals surface area contributed by atoms with Crippen molar-refractivity contribution < 1.29 is 9.53 Å². The zero-order chi connectivity index (χ0) is 20.8. The molecule has 0 bridgehead atoms. The van der Waals surface area contributed by atoms with Crippen molar-refractivity contribution in [2.45, 2.75) is 27.0 Å². The number of carbonyl (C=O) groups excluding carboxylic acids is 1. The highest BCUT2D eigenvalue weighted by Crippen LogP contribution is 2.19. The first-order valence-electron chi connectivity index (χ1n) is 8.91. The quantitative estimate of drug-likeness (QED) is 0.400. The van der Waals surface area contributed by atoms with Crippen molar-refractivity contribution in [3.63, 3.8) is 0 Å². The number of carbonyl (C=O) groups is 1. The number of nitrogens with one attached hydrogen (secondary N) is 1. The van der Waals surface area contributed by atoms with Crippen molar-refractivity contribution in [3.05, 3.63) is 80.5 Å². The molecule has 0 aliphatic heterocycles. The van der Waals surface area contributed by atoms with Gasteiger partial charge in [0, 0.05) is 5.02 Å². The van der Waals surface area contributed by atoms with Gasteiger partial charge >= 0.3 is 0 Å². The molecule has 0 saturated carbocycles. The summed E-state index contributed by atoms with van der Waals surface area (Å²) in [6.45, 7) is 4.35. The normalized spacial score (nSPS) is 11.0. The highest BCUT2D eigenvalue weighted by Gasteiger charge is 2.11. The minimum absolute atomic E-state index is 0.104. The molecule has 0 aliphatic rings. The molecule has 2 aromatic carbocycles. The van der Waals surface area contributed by atoms with Gasteiger partial charge in [0.1, 0.15) is 18.9 Å². The minimum atomic E-state index is -0.248. The third-order valence-corrected chi connectivity index (χ3v) is 5.59. The Labute approximate surface area is 182 Å². The van der Waals surface area contributed by atoms with E-state index in [4.69, 9.17) is 16.3 Å². The summed E-state index contributed by atoms with van der Waals surface area (Å²) in [6.07, 6.45) is 1.58. The molecule has 1 aromatic heterocycles. The molecule has 29 heavy (non-hydrogen) atoms. The number of ether oxygens (including phenoxy) is 1. The molecule has 3 aromatic rings. The third-order valence-electron chi connectivity index (χ3n) is 4.19. The first kappa shape index (κ1) is 21.1. The molecular weight excluding hydrogens is 456 g/mol. The highest BCUT2D eigenvalue weighted by molar-refractivity contribution is 9.10. The number of hydrogen-bond donors (Lipinski definition) is 1. The Morgan fingerprint density at radius 1 is 1.21 bits per heavy atom. The molecule has 0 saturated heterocycles. The summed E-state index contributed by atoms with van der Waals surface area (Å²) in [4.78, 5) is 12.0. The second-order valence-corrected chi connectivity index (χ2v) is 7.65. The van der Waals surface area contributed by atoms with E-state index >= 15 is 0 Å². The standard InChI is InChI=1S/C21H20BrClN4O2/c1-14-21(22)15(2)27(26-14)12-20(28)25-24-11-16-5-9-19(10-6-16)29-13-17-3-7-18(23)8-4-17/h3-11H,12-13H2,1-2H3,(H,25,28). The van der Waals surface area contributed by atoms with Crippen LogP contribution in [0.5, 0.6) is 5.75 Å². The van der Waals surface area contributed by atoms with E-state index < -0.39 is 0 Å². The summed E-state index contributed by atoms with van der Waals surface area (Å²) in [5.74, 6) is 0.499. The SMILES string of the molecule is Cc1nn(CC(=O)NN=Cc2ccc(OCc3ccc(Cl)cc3)cc2)c(C)c1Br. The monoisotopic (exact) mass is 474 g/mol. The maximum absolute atomic E-state index is 12.0. The van der Waals surface area contributed by atoms with Crippen LogP contribution in [0.1, 0.15) is 22.5 Å². The number of halogens is 2. The molecule has 0 unspecified atom stereocenters. The van der Waals surface area contributed by atoms with Crippen LogP contribution in [-0.2, 0) is 17.9 Å². The molecule has 0 radical (unpaired) electrons. The van der Waals surface area contributed by atoms with Crippen LogP contribution < -0.4 is 10.2 Å². The lowest BCUT2D eigenvalue weighted by Gasteiger charge is -2.06. The molecule has 0 aliphatic carbocycles. The van der Waals surface area contributed by atoms with Gasteiger partial charge in [-0.1, -0.05) is 23.7 Å². The number of aromatic nitrogens is 2. The maximum atomic E-state index is 12.0. The Morgan fingerprint density at radius 2 is 1.90 bits per heavy atom. The maximum Gasteiger partial charge on any atom is 0.261 e. The predicted octanol–water partition coefficient (Wildman–Crippen LogP) is 4.65. The molecule has 1 amide bonds. The minimum Gasteiger partial charge on any atom is -0.489 e. The summed E-state index contributed by atoms with van der Waals surface area (Å²) >= 11 is 9.32. The lowest BCUT2D eigenvalue weighted by molar-refractivity contribution is -0.121. The van der Waals surface area contributed by atoms with E-state index in [1.165, 1.54) is 0 Å². The molecule has 0 atom stereocenters. The predicted molar refractivity (Wildman–Crippen MR) is 117 cm³/mol. The molecule has 3 rings (SSSR count). The van der Waals surface area contributed by atoms with Gasteiger partial charge in [-0.2, -0.15) is 10.2 Å². The van der Waals surface area contributed by atoms with E-state index in [0.29, 0.717) is 11.6 Å². The zero-order valence-electron chi connectivity index (χ0n) is 16.0. The van der Waals surface area contributed by atoms with E-state index in [-0.39, 0.29) is 12.5 Å². The van der Waals surface area contributed by atoms with Crippen molar-refractivity contribution in [2.24, 2.45) is 5.10 Å². The largest absolute Gasteiger partial charge is 0.489 e. The fourth-order valence-electron chi connectivity index (χ4n) is 2.58. The lowest BCUT2D eigenvalue weighted by Crippen LogP contribution is -2.24. The summed E-state index contributed by atoms with van der Waals surface area (Å²) < 4.78 is 8.29. The van der Waals surface area contributed by atoms with E-state index in [1.807, 2.05) is 62.4 Å². The van der Waals surface area contributed by atoms with Crippen LogP contribution in [0.25, 0.3) is 0 Å². The van der Waals surface area contributed by atoms with Gasteiger partial charge in [-0.15, -0.1) is 0 Å². The van der Waals surface area contributed by atoms with Gasteiger partial charge in [-0.05, 0) is 77.3 Å². The van der Waals surface area contributed by atoms with Crippen molar-refractivity contribution >= 4 is 39.7 Å². The van der Waals surface area contributed by atoms with Crippen molar-refractivity contribution in [2.75, 3.05) is 0 Å². The van der Waals surface area contributed by atoms with Crippen LogP contribution in [0.4, 0.5) is 0 Å². The topological polar surface area (TPSA) is 68.5 Å². The lowest BCUT2D eigenvalue weighted by atomic mass is 10.2. The van der Waals surface area contributed by atoms with Crippen LogP contribution in [0.15, 0.2) is 58.1 Å². The zero-order valence-corrected chi connectivity index (χ0v) is 18.4. The average molecular weight is 476 g/mol. The fraction of sp³-hybridized carbons (Fsp3) is 0.190. The molecule has 0 fully saturated rings. The van der Waals surface area contributed by atoms with Crippen molar-refractivity contribution in [1.29, 1.82) is 0 Å². The number of hydrogen-bond acceptors (Lipinski definition) is 4. The summed E-state index contributed by atoms with van der Waals surface area (Å²) in [6, 6.07) is 15.0. The first-order chi connectivity index (χ1) is 13.9. The van der Waals surface area contributed by atoms with E-state index in [0.717, 1.165) is 32.7 Å². The van der Waals surface area contributed by atoms with E-state index in [2.05, 4.69) is 31.6 Å². The molecule has 1 N–H and O–H groups in total. The van der Waals surface area contributed by atoms with Gasteiger partial charge in [0.25, 0.3) is 5.91 Å². The Bertz CT molecular complexity index is 1010. The second kappa shape index (κ2) is 9.71. The smallest absolute Gasteiger partial charge is 0.261 e. The molecule has 0 spiro atoms. The van der Waals surface area contributed by atoms with E-state index in [9.17, 15) is 4.79 Å². The molecule has 150 valence electrons. The van der Waals surface area contributed by atoms with Crippen LogP contribution in [-0.4, -0.2) is 21.9 Å². The van der Waals surface area contributed by atoms with Crippen LogP contribution >= 0.6 is 27.5 Å². The molecule has 6 nitrogen and oxygen atoms in total. The average Bonchev–Trinajstić information content (AvgIpc) is 2.95. The summed E-state index contributed by atoms with van der Waals surface area (Å²) in [7, 11) is 0. The summed E-state index contributed by atoms with van der Waals surface area (Å²) in [5, 5.41) is 9.00. The Kier molecular flexibility index (Phi) is 7.06. The van der Waals surface area contributed by atoms with Crippen LogP contribution in [0, 0.1) is 13.8 Å².